The lowest BCUT2D eigenvalue weighted by atomic mass is 9.93. The second-order valence-electron chi connectivity index (χ2n) is 9.58. The van der Waals surface area contributed by atoms with Crippen molar-refractivity contribution in [3.05, 3.63) is 70.2 Å². The highest BCUT2D eigenvalue weighted by molar-refractivity contribution is 5.90. The van der Waals surface area contributed by atoms with Crippen molar-refractivity contribution in [2.75, 3.05) is 23.9 Å². The number of anilines is 2. The molecule has 0 aliphatic carbocycles. The number of methoxy groups -OCH3 is 1. The molecular weight excluding hydrogens is 582 g/mol. The molecule has 3 heterocycles. The van der Waals surface area contributed by atoms with Crippen LogP contribution in [0.1, 0.15) is 66.4 Å². The van der Waals surface area contributed by atoms with Crippen molar-refractivity contribution in [1.29, 1.82) is 5.26 Å². The summed E-state index contributed by atoms with van der Waals surface area (Å²) in [5.74, 6) is 0.216. The van der Waals surface area contributed by atoms with E-state index in [1.807, 2.05) is 13.0 Å². The molecular formula is C28H26F6N6O3. The van der Waals surface area contributed by atoms with Crippen molar-refractivity contribution < 1.29 is 40.6 Å². The maximum atomic E-state index is 13.4. The Hall–Kier alpha value is -4.61. The Labute approximate surface area is 242 Å². The van der Waals surface area contributed by atoms with Crippen LogP contribution in [0, 0.1) is 11.3 Å². The monoisotopic (exact) mass is 608 g/mol. The highest BCUT2D eigenvalue weighted by Gasteiger charge is 2.39. The Balaban J connectivity index is 1.73. The molecule has 1 aliphatic rings. The van der Waals surface area contributed by atoms with Crippen molar-refractivity contribution in [2.24, 2.45) is 0 Å². The van der Waals surface area contributed by atoms with Gasteiger partial charge in [0, 0.05) is 18.5 Å². The van der Waals surface area contributed by atoms with Crippen LogP contribution in [0.25, 0.3) is 0 Å². The average Bonchev–Trinajstić information content (AvgIpc) is 2.95. The number of rotatable bonds is 7. The number of fused-ring (bicyclic) bond motifs is 1. The van der Waals surface area contributed by atoms with Crippen molar-refractivity contribution >= 4 is 17.7 Å². The second-order valence-corrected chi connectivity index (χ2v) is 9.58. The SMILES string of the molecule is CCOC(=O)N1c2ccc(OC)nc2[C@@H](Nc2ncc(C#N)c(Cc3cc(C(F)(F)F)cc(C(F)(F)F)c3)n2)C[C@H]1CC. The molecule has 0 saturated heterocycles. The minimum Gasteiger partial charge on any atom is -0.481 e. The van der Waals surface area contributed by atoms with Crippen molar-refractivity contribution in [1.82, 2.24) is 15.0 Å². The predicted molar refractivity (Wildman–Crippen MR) is 141 cm³/mol. The summed E-state index contributed by atoms with van der Waals surface area (Å²) >= 11 is 0. The van der Waals surface area contributed by atoms with Gasteiger partial charge in [0.15, 0.2) is 0 Å². The number of carbonyl (C=O) groups excluding carboxylic acids is 1. The zero-order chi connectivity index (χ0) is 31.5. The molecule has 228 valence electrons. The zero-order valence-electron chi connectivity index (χ0n) is 23.2. The van der Waals surface area contributed by atoms with E-state index in [2.05, 4.69) is 20.3 Å². The summed E-state index contributed by atoms with van der Waals surface area (Å²) < 4.78 is 90.9. The number of halogens is 6. The summed E-state index contributed by atoms with van der Waals surface area (Å²) in [6, 6.07) is 5.37. The molecule has 15 heteroatoms. The minimum atomic E-state index is -5.03. The quantitative estimate of drug-likeness (QED) is 0.296. The Kier molecular flexibility index (Phi) is 8.98. The highest BCUT2D eigenvalue weighted by Crippen LogP contribution is 2.40. The highest BCUT2D eigenvalue weighted by atomic mass is 19.4. The molecule has 2 aromatic heterocycles. The summed E-state index contributed by atoms with van der Waals surface area (Å²) in [7, 11) is 1.42. The summed E-state index contributed by atoms with van der Waals surface area (Å²) in [6.07, 6.45) is -9.12. The van der Waals surface area contributed by atoms with E-state index in [1.54, 1.807) is 19.1 Å². The molecule has 1 amide bonds. The van der Waals surface area contributed by atoms with E-state index in [0.717, 1.165) is 6.20 Å². The average molecular weight is 609 g/mol. The second kappa shape index (κ2) is 12.3. The molecule has 4 rings (SSSR count). The fraction of sp³-hybridized carbons (Fsp3) is 0.393. The van der Waals surface area contributed by atoms with E-state index in [-0.39, 0.29) is 47.4 Å². The van der Waals surface area contributed by atoms with E-state index < -0.39 is 42.0 Å². The van der Waals surface area contributed by atoms with Gasteiger partial charge in [0.25, 0.3) is 0 Å². The molecule has 1 aromatic carbocycles. The molecule has 0 unspecified atom stereocenters. The lowest BCUT2D eigenvalue weighted by Crippen LogP contribution is -2.46. The van der Waals surface area contributed by atoms with Gasteiger partial charge in [-0.1, -0.05) is 6.92 Å². The Morgan fingerprint density at radius 1 is 1.09 bits per heavy atom. The first-order chi connectivity index (χ1) is 20.3. The van der Waals surface area contributed by atoms with E-state index >= 15 is 0 Å². The number of ether oxygens (including phenoxy) is 2. The third kappa shape index (κ3) is 6.90. The Bertz CT molecular complexity index is 1510. The first kappa shape index (κ1) is 31.3. The fourth-order valence-corrected chi connectivity index (χ4v) is 4.81. The third-order valence-corrected chi connectivity index (χ3v) is 6.79. The van der Waals surface area contributed by atoms with Gasteiger partial charge in [-0.25, -0.2) is 19.7 Å². The molecule has 0 spiro atoms. The number of hydrogen-bond donors (Lipinski definition) is 1. The van der Waals surface area contributed by atoms with Crippen LogP contribution in [-0.2, 0) is 23.5 Å². The van der Waals surface area contributed by atoms with E-state index in [9.17, 15) is 36.4 Å². The summed E-state index contributed by atoms with van der Waals surface area (Å²) in [5.41, 5.74) is -2.64. The molecule has 0 fully saturated rings. The topological polar surface area (TPSA) is 113 Å². The maximum Gasteiger partial charge on any atom is 0.416 e. The van der Waals surface area contributed by atoms with Crippen molar-refractivity contribution in [3.8, 4) is 11.9 Å². The van der Waals surface area contributed by atoms with Gasteiger partial charge in [-0.2, -0.15) is 31.6 Å². The predicted octanol–water partition coefficient (Wildman–Crippen LogP) is 6.68. The lowest BCUT2D eigenvalue weighted by molar-refractivity contribution is -0.143. The summed E-state index contributed by atoms with van der Waals surface area (Å²) in [5, 5.41) is 12.7. The number of aromatic nitrogens is 3. The van der Waals surface area contributed by atoms with Gasteiger partial charge in [-0.3, -0.25) is 4.90 Å². The summed E-state index contributed by atoms with van der Waals surface area (Å²) in [6.45, 7) is 3.73. The molecule has 0 saturated carbocycles. The normalized spacial score (nSPS) is 16.7. The maximum absolute atomic E-state index is 13.4. The number of pyridine rings is 1. The molecule has 9 nitrogen and oxygen atoms in total. The fourth-order valence-electron chi connectivity index (χ4n) is 4.81. The van der Waals surface area contributed by atoms with Gasteiger partial charge in [-0.15, -0.1) is 0 Å². The largest absolute Gasteiger partial charge is 0.481 e. The van der Waals surface area contributed by atoms with Crippen LogP contribution >= 0.6 is 0 Å². The lowest BCUT2D eigenvalue weighted by Gasteiger charge is -2.39. The third-order valence-electron chi connectivity index (χ3n) is 6.79. The van der Waals surface area contributed by atoms with Gasteiger partial charge < -0.3 is 14.8 Å². The summed E-state index contributed by atoms with van der Waals surface area (Å²) in [4.78, 5) is 27.3. The van der Waals surface area contributed by atoms with Crippen LogP contribution in [0.2, 0.25) is 0 Å². The van der Waals surface area contributed by atoms with Gasteiger partial charge in [-0.05, 0) is 49.6 Å². The van der Waals surface area contributed by atoms with E-state index in [1.165, 1.54) is 12.0 Å². The molecule has 0 bridgehead atoms. The molecule has 3 aromatic rings. The van der Waals surface area contributed by atoms with E-state index in [0.29, 0.717) is 36.4 Å². The van der Waals surface area contributed by atoms with Crippen molar-refractivity contribution in [3.63, 3.8) is 0 Å². The molecule has 2 atom stereocenters. The van der Waals surface area contributed by atoms with E-state index in [4.69, 9.17) is 9.47 Å². The Morgan fingerprint density at radius 2 is 1.77 bits per heavy atom. The van der Waals surface area contributed by atoms with Crippen LogP contribution in [0.5, 0.6) is 5.88 Å². The van der Waals surface area contributed by atoms with Crippen LogP contribution in [0.3, 0.4) is 0 Å². The smallest absolute Gasteiger partial charge is 0.416 e. The molecule has 0 radical (unpaired) electrons. The molecule has 1 aliphatic heterocycles. The van der Waals surface area contributed by atoms with Gasteiger partial charge >= 0.3 is 18.4 Å². The van der Waals surface area contributed by atoms with Crippen LogP contribution in [-0.4, -0.2) is 40.8 Å². The van der Waals surface area contributed by atoms with Crippen LogP contribution in [0.4, 0.5) is 42.8 Å². The minimum absolute atomic E-state index is 0.0349. The number of nitriles is 1. The number of benzene rings is 1. The first-order valence-corrected chi connectivity index (χ1v) is 13.1. The first-order valence-electron chi connectivity index (χ1n) is 13.1. The van der Waals surface area contributed by atoms with Gasteiger partial charge in [0.2, 0.25) is 11.8 Å². The van der Waals surface area contributed by atoms with Crippen LogP contribution in [0.15, 0.2) is 36.5 Å². The number of amides is 1. The number of alkyl halides is 6. The standard InChI is InChI=1S/C28H26F6N6O3/c1-4-19-12-21(24-22(6-7-23(39-24)42-3)40(19)26(41)43-5-2)38-25-36-14-16(13-35)20(37-25)10-15-8-17(27(29,30)31)11-18(9-15)28(32,33)34/h6-9,11,14,19,21H,4-5,10,12H2,1-3H3,(H,36,37,38)/t19-,21+/m1/s1. The zero-order valence-corrected chi connectivity index (χ0v) is 23.2. The number of carbonyl (C=O) groups is 1. The van der Waals surface area contributed by atoms with Gasteiger partial charge in [0.05, 0.1) is 59.7 Å². The Morgan fingerprint density at radius 3 is 2.33 bits per heavy atom. The van der Waals surface area contributed by atoms with Gasteiger partial charge in [0.1, 0.15) is 6.07 Å². The molecule has 43 heavy (non-hydrogen) atoms. The van der Waals surface area contributed by atoms with Crippen LogP contribution < -0.4 is 15.0 Å². The van der Waals surface area contributed by atoms with Crippen molar-refractivity contribution in [2.45, 2.75) is 57.5 Å². The number of hydrogen-bond acceptors (Lipinski definition) is 8. The number of nitrogens with one attached hydrogen (secondary N) is 1. The number of nitrogens with zero attached hydrogens (tertiary/aromatic N) is 5. The molecule has 1 N–H and O–H groups in total.